The van der Waals surface area contributed by atoms with Crippen LogP contribution < -0.4 is 14.2 Å². The SMILES string of the molecule is COC(=O)Oc1ccc(C2COc3cc(OC(=O)OC)ccc3C2=O)cc1. The van der Waals surface area contributed by atoms with Crippen molar-refractivity contribution in [1.29, 1.82) is 0 Å². The molecule has 8 nitrogen and oxygen atoms in total. The Bertz CT molecular complexity index is 872. The molecular formula is C19H16O8. The molecule has 0 fully saturated rings. The molecule has 2 aromatic rings. The highest BCUT2D eigenvalue weighted by molar-refractivity contribution is 6.04. The summed E-state index contributed by atoms with van der Waals surface area (Å²) < 4.78 is 24.4. The molecule has 0 saturated carbocycles. The minimum atomic E-state index is -0.857. The number of methoxy groups -OCH3 is 2. The van der Waals surface area contributed by atoms with E-state index < -0.39 is 18.2 Å². The van der Waals surface area contributed by atoms with E-state index in [9.17, 15) is 14.4 Å². The molecule has 0 amide bonds. The summed E-state index contributed by atoms with van der Waals surface area (Å²) in [4.78, 5) is 35.1. The van der Waals surface area contributed by atoms with Gasteiger partial charge in [0.1, 0.15) is 23.9 Å². The molecule has 1 aliphatic rings. The third-order valence-corrected chi connectivity index (χ3v) is 3.96. The molecule has 2 aromatic carbocycles. The van der Waals surface area contributed by atoms with Gasteiger partial charge in [0.2, 0.25) is 0 Å². The van der Waals surface area contributed by atoms with Crippen LogP contribution in [-0.2, 0) is 9.47 Å². The molecule has 0 aromatic heterocycles. The summed E-state index contributed by atoms with van der Waals surface area (Å²) in [5.41, 5.74) is 1.11. The maximum Gasteiger partial charge on any atom is 0.513 e. The summed E-state index contributed by atoms with van der Waals surface area (Å²) in [6, 6.07) is 11.0. The standard InChI is InChI=1S/C19H16O8/c1-23-18(21)26-12-5-3-11(4-6-12)15-10-25-16-9-13(27-19(22)24-2)7-8-14(16)17(15)20/h3-9,15H,10H2,1-2H3. The van der Waals surface area contributed by atoms with Gasteiger partial charge in [-0.2, -0.15) is 0 Å². The first-order valence-electron chi connectivity index (χ1n) is 7.94. The van der Waals surface area contributed by atoms with Gasteiger partial charge in [-0.05, 0) is 29.8 Å². The zero-order valence-corrected chi connectivity index (χ0v) is 14.6. The summed E-state index contributed by atoms with van der Waals surface area (Å²) in [7, 11) is 2.42. The van der Waals surface area contributed by atoms with Crippen LogP contribution in [0.2, 0.25) is 0 Å². The molecule has 1 unspecified atom stereocenters. The fourth-order valence-corrected chi connectivity index (χ4v) is 2.62. The van der Waals surface area contributed by atoms with E-state index in [4.69, 9.17) is 14.2 Å². The Morgan fingerprint density at radius 3 is 2.15 bits per heavy atom. The average molecular weight is 372 g/mol. The van der Waals surface area contributed by atoms with Crippen LogP contribution in [0.1, 0.15) is 21.8 Å². The van der Waals surface area contributed by atoms with Crippen LogP contribution in [0.5, 0.6) is 17.2 Å². The van der Waals surface area contributed by atoms with Crippen LogP contribution in [0.25, 0.3) is 0 Å². The number of ether oxygens (including phenoxy) is 5. The molecule has 0 saturated heterocycles. The number of carbonyl (C=O) groups excluding carboxylic acids is 3. The number of carbonyl (C=O) groups is 3. The first-order valence-corrected chi connectivity index (χ1v) is 7.94. The number of ketones is 1. The maximum atomic E-state index is 12.8. The van der Waals surface area contributed by atoms with Crippen molar-refractivity contribution < 1.29 is 38.1 Å². The van der Waals surface area contributed by atoms with Gasteiger partial charge in [-0.3, -0.25) is 4.79 Å². The maximum absolute atomic E-state index is 12.8. The molecule has 27 heavy (non-hydrogen) atoms. The summed E-state index contributed by atoms with van der Waals surface area (Å²) in [6.45, 7) is 0.130. The average Bonchev–Trinajstić information content (AvgIpc) is 2.69. The van der Waals surface area contributed by atoms with E-state index in [1.807, 2.05) is 0 Å². The molecule has 0 radical (unpaired) electrons. The summed E-state index contributed by atoms with van der Waals surface area (Å²) in [5, 5.41) is 0. The molecule has 1 atom stereocenters. The van der Waals surface area contributed by atoms with E-state index in [1.165, 1.54) is 32.4 Å². The van der Waals surface area contributed by atoms with Gasteiger partial charge in [-0.1, -0.05) is 12.1 Å². The summed E-state index contributed by atoms with van der Waals surface area (Å²) >= 11 is 0. The third-order valence-electron chi connectivity index (χ3n) is 3.96. The molecule has 3 rings (SSSR count). The fraction of sp³-hybridized carbons (Fsp3) is 0.211. The predicted molar refractivity (Wildman–Crippen MR) is 91.5 cm³/mol. The van der Waals surface area contributed by atoms with Crippen LogP contribution >= 0.6 is 0 Å². The largest absolute Gasteiger partial charge is 0.513 e. The first-order chi connectivity index (χ1) is 13.0. The second-order valence-electron chi connectivity index (χ2n) is 5.57. The molecule has 0 N–H and O–H groups in total. The Hall–Kier alpha value is -3.55. The third kappa shape index (κ3) is 4.00. The molecule has 0 spiro atoms. The topological polar surface area (TPSA) is 97.4 Å². The van der Waals surface area contributed by atoms with Crippen molar-refractivity contribution in [2.45, 2.75) is 5.92 Å². The van der Waals surface area contributed by atoms with Gasteiger partial charge >= 0.3 is 12.3 Å². The summed E-state index contributed by atoms with van der Waals surface area (Å²) in [6.07, 6.45) is -1.68. The second-order valence-corrected chi connectivity index (χ2v) is 5.57. The van der Waals surface area contributed by atoms with Crippen molar-refractivity contribution in [1.82, 2.24) is 0 Å². The predicted octanol–water partition coefficient (Wildman–Crippen LogP) is 3.34. The Morgan fingerprint density at radius 1 is 0.926 bits per heavy atom. The molecule has 1 heterocycles. The number of Topliss-reactive ketones (excluding diaryl/α,β-unsaturated/α-hetero) is 1. The lowest BCUT2D eigenvalue weighted by molar-refractivity contribution is 0.0895. The first kappa shape index (κ1) is 18.2. The Balaban J connectivity index is 1.76. The van der Waals surface area contributed by atoms with Gasteiger partial charge in [0, 0.05) is 6.07 Å². The van der Waals surface area contributed by atoms with Crippen LogP contribution in [0, 0.1) is 0 Å². The number of rotatable bonds is 3. The van der Waals surface area contributed by atoms with Crippen molar-refractivity contribution in [2.24, 2.45) is 0 Å². The highest BCUT2D eigenvalue weighted by Crippen LogP contribution is 2.35. The smallest absolute Gasteiger partial charge is 0.492 e. The highest BCUT2D eigenvalue weighted by Gasteiger charge is 2.30. The molecule has 8 heteroatoms. The fourth-order valence-electron chi connectivity index (χ4n) is 2.62. The Labute approximate surface area is 154 Å². The van der Waals surface area contributed by atoms with Crippen LogP contribution in [0.4, 0.5) is 9.59 Å². The van der Waals surface area contributed by atoms with Crippen molar-refractivity contribution in [3.63, 3.8) is 0 Å². The van der Waals surface area contributed by atoms with E-state index in [0.29, 0.717) is 17.1 Å². The van der Waals surface area contributed by atoms with Crippen molar-refractivity contribution in [3.8, 4) is 17.2 Å². The second kappa shape index (κ2) is 7.77. The van der Waals surface area contributed by atoms with Gasteiger partial charge < -0.3 is 23.7 Å². The Kier molecular flexibility index (Phi) is 5.25. The quantitative estimate of drug-likeness (QED) is 0.598. The zero-order valence-electron chi connectivity index (χ0n) is 14.6. The van der Waals surface area contributed by atoms with E-state index >= 15 is 0 Å². The van der Waals surface area contributed by atoms with E-state index in [0.717, 1.165) is 5.56 Å². The number of hydrogen-bond donors (Lipinski definition) is 0. The van der Waals surface area contributed by atoms with Gasteiger partial charge in [0.05, 0.1) is 25.7 Å². The van der Waals surface area contributed by atoms with Gasteiger partial charge in [0.25, 0.3) is 0 Å². The molecule has 0 aliphatic carbocycles. The molecule has 0 bridgehead atoms. The lowest BCUT2D eigenvalue weighted by Crippen LogP contribution is -2.26. The minimum Gasteiger partial charge on any atom is -0.492 e. The Morgan fingerprint density at radius 2 is 1.52 bits per heavy atom. The minimum absolute atomic E-state index is 0.123. The molecular weight excluding hydrogens is 356 g/mol. The summed E-state index contributed by atoms with van der Waals surface area (Å²) in [5.74, 6) is 0.235. The van der Waals surface area contributed by atoms with Gasteiger partial charge in [-0.15, -0.1) is 0 Å². The van der Waals surface area contributed by atoms with Gasteiger partial charge in [0.15, 0.2) is 5.78 Å². The molecule has 140 valence electrons. The lowest BCUT2D eigenvalue weighted by atomic mass is 9.89. The lowest BCUT2D eigenvalue weighted by Gasteiger charge is -2.24. The van der Waals surface area contributed by atoms with Crippen LogP contribution in [-0.4, -0.2) is 38.9 Å². The van der Waals surface area contributed by atoms with Crippen molar-refractivity contribution in [3.05, 3.63) is 53.6 Å². The van der Waals surface area contributed by atoms with Gasteiger partial charge in [-0.25, -0.2) is 9.59 Å². The van der Waals surface area contributed by atoms with Crippen LogP contribution in [0.3, 0.4) is 0 Å². The number of fused-ring (bicyclic) bond motifs is 1. The van der Waals surface area contributed by atoms with E-state index in [1.54, 1.807) is 24.3 Å². The monoisotopic (exact) mass is 372 g/mol. The van der Waals surface area contributed by atoms with E-state index in [-0.39, 0.29) is 18.1 Å². The van der Waals surface area contributed by atoms with Crippen molar-refractivity contribution >= 4 is 18.1 Å². The van der Waals surface area contributed by atoms with E-state index in [2.05, 4.69) is 9.47 Å². The van der Waals surface area contributed by atoms with Crippen LogP contribution in [0.15, 0.2) is 42.5 Å². The highest BCUT2D eigenvalue weighted by atomic mass is 16.7. The number of hydrogen-bond acceptors (Lipinski definition) is 8. The molecule has 1 aliphatic heterocycles. The zero-order chi connectivity index (χ0) is 19.4. The number of benzene rings is 2. The van der Waals surface area contributed by atoms with Crippen molar-refractivity contribution in [2.75, 3.05) is 20.8 Å². The normalized spacial score (nSPS) is 15.2.